The summed E-state index contributed by atoms with van der Waals surface area (Å²) in [4.78, 5) is 2.46. The summed E-state index contributed by atoms with van der Waals surface area (Å²) in [5.74, 6) is 2.25. The van der Waals surface area contributed by atoms with Gasteiger partial charge in [0, 0.05) is 0 Å². The maximum atomic E-state index is 2.46. The van der Waals surface area contributed by atoms with Crippen molar-refractivity contribution in [3.63, 3.8) is 0 Å². The molecule has 2 rings (SSSR count). The second kappa shape index (κ2) is 2.54. The summed E-state index contributed by atoms with van der Waals surface area (Å²) >= 11 is 0. The summed E-state index contributed by atoms with van der Waals surface area (Å²) in [6.45, 7) is 2.70. The lowest BCUT2D eigenvalue weighted by molar-refractivity contribution is 0.204. The van der Waals surface area contributed by atoms with E-state index in [1.54, 1.807) is 0 Å². The zero-order valence-corrected chi connectivity index (χ0v) is 6.84. The molecule has 0 N–H and O–H groups in total. The van der Waals surface area contributed by atoms with Gasteiger partial charge in [-0.05, 0) is 57.7 Å². The Kier molecular flexibility index (Phi) is 1.69. The molecule has 1 heterocycles. The van der Waals surface area contributed by atoms with Gasteiger partial charge in [0.1, 0.15) is 0 Å². The van der Waals surface area contributed by atoms with Crippen LogP contribution in [0.5, 0.6) is 0 Å². The Morgan fingerprint density at radius 3 is 1.90 bits per heavy atom. The van der Waals surface area contributed by atoms with Gasteiger partial charge >= 0.3 is 0 Å². The Morgan fingerprint density at radius 2 is 1.40 bits per heavy atom. The van der Waals surface area contributed by atoms with Gasteiger partial charge in [0.25, 0.3) is 0 Å². The molecular formula is C9H17N. The van der Waals surface area contributed by atoms with Gasteiger partial charge in [0.05, 0.1) is 0 Å². The van der Waals surface area contributed by atoms with Gasteiger partial charge in [-0.2, -0.15) is 0 Å². The van der Waals surface area contributed by atoms with Gasteiger partial charge in [-0.25, -0.2) is 0 Å². The van der Waals surface area contributed by atoms with E-state index in [1.807, 2.05) is 0 Å². The number of hydrogen-bond donors (Lipinski definition) is 0. The molecule has 10 heavy (non-hydrogen) atoms. The van der Waals surface area contributed by atoms with E-state index in [-0.39, 0.29) is 0 Å². The second-order valence-corrected chi connectivity index (χ2v) is 3.98. The first-order valence-electron chi connectivity index (χ1n) is 4.55. The lowest BCUT2D eigenvalue weighted by Crippen LogP contribution is -2.30. The van der Waals surface area contributed by atoms with Gasteiger partial charge in [0.15, 0.2) is 0 Å². The molecule has 1 aliphatic carbocycles. The summed E-state index contributed by atoms with van der Waals surface area (Å²) in [5.41, 5.74) is 0. The van der Waals surface area contributed by atoms with Crippen LogP contribution < -0.4 is 0 Å². The lowest BCUT2D eigenvalue weighted by atomic mass is 9.92. The van der Waals surface area contributed by atoms with E-state index in [4.69, 9.17) is 0 Å². The van der Waals surface area contributed by atoms with Crippen LogP contribution in [-0.2, 0) is 0 Å². The van der Waals surface area contributed by atoms with E-state index in [1.165, 1.54) is 38.8 Å². The zero-order chi connectivity index (χ0) is 6.97. The molecule has 2 fully saturated rings. The largest absolute Gasteiger partial charge is 0.306 e. The van der Waals surface area contributed by atoms with Crippen LogP contribution >= 0.6 is 0 Å². The third kappa shape index (κ3) is 1.34. The molecule has 0 atom stereocenters. The third-order valence-electron chi connectivity index (χ3n) is 3.05. The van der Waals surface area contributed by atoms with E-state index in [9.17, 15) is 0 Å². The fourth-order valence-corrected chi connectivity index (χ4v) is 2.07. The lowest BCUT2D eigenvalue weighted by Gasteiger charge is -2.28. The van der Waals surface area contributed by atoms with Crippen molar-refractivity contribution < 1.29 is 0 Å². The Bertz CT molecular complexity index is 110. The Morgan fingerprint density at radius 1 is 0.900 bits per heavy atom. The molecule has 0 aromatic carbocycles. The van der Waals surface area contributed by atoms with Crippen LogP contribution in [0.25, 0.3) is 0 Å². The first-order valence-corrected chi connectivity index (χ1v) is 4.55. The quantitative estimate of drug-likeness (QED) is 0.535. The van der Waals surface area contributed by atoms with Crippen molar-refractivity contribution in [3.8, 4) is 0 Å². The molecule has 0 aromatic heterocycles. The van der Waals surface area contributed by atoms with E-state index < -0.39 is 0 Å². The maximum Gasteiger partial charge on any atom is -0.00190 e. The van der Waals surface area contributed by atoms with Gasteiger partial charge in [0.2, 0.25) is 0 Å². The van der Waals surface area contributed by atoms with Crippen LogP contribution in [-0.4, -0.2) is 25.0 Å². The summed E-state index contributed by atoms with van der Waals surface area (Å²) in [6.07, 6.45) is 6.02. The number of likely N-dealkylation sites (tertiary alicyclic amines) is 1. The van der Waals surface area contributed by atoms with Gasteiger partial charge in [-0.1, -0.05) is 0 Å². The van der Waals surface area contributed by atoms with Crippen molar-refractivity contribution >= 4 is 0 Å². The fraction of sp³-hybridized carbons (Fsp3) is 1.00. The molecule has 0 spiro atoms. The first kappa shape index (κ1) is 6.66. The number of nitrogens with zero attached hydrogens (tertiary/aromatic N) is 1. The van der Waals surface area contributed by atoms with E-state index >= 15 is 0 Å². The monoisotopic (exact) mass is 139 g/mol. The normalized spacial score (nSPS) is 30.9. The van der Waals surface area contributed by atoms with Crippen molar-refractivity contribution in [2.24, 2.45) is 11.8 Å². The maximum absolute atomic E-state index is 2.46. The molecule has 2 aliphatic rings. The molecule has 58 valence electrons. The molecule has 1 heteroatoms. The van der Waals surface area contributed by atoms with Crippen LogP contribution in [0.4, 0.5) is 0 Å². The highest BCUT2D eigenvalue weighted by molar-refractivity contribution is 4.84. The Balaban J connectivity index is 1.79. The molecule has 1 saturated heterocycles. The summed E-state index contributed by atoms with van der Waals surface area (Å²) in [6, 6.07) is 0. The number of hydrogen-bond acceptors (Lipinski definition) is 1. The minimum absolute atomic E-state index is 1.11. The van der Waals surface area contributed by atoms with Crippen LogP contribution in [0.1, 0.15) is 25.7 Å². The SMILES string of the molecule is CN1CCC(C2CC2)CC1. The van der Waals surface area contributed by atoms with Crippen LogP contribution in [0.3, 0.4) is 0 Å². The van der Waals surface area contributed by atoms with E-state index in [2.05, 4.69) is 11.9 Å². The van der Waals surface area contributed by atoms with E-state index in [0.717, 1.165) is 11.8 Å². The average molecular weight is 139 g/mol. The highest BCUT2D eigenvalue weighted by atomic mass is 15.1. The molecule has 1 nitrogen and oxygen atoms in total. The highest BCUT2D eigenvalue weighted by Crippen LogP contribution is 2.41. The molecule has 0 aromatic rings. The van der Waals surface area contributed by atoms with E-state index in [0.29, 0.717) is 0 Å². The topological polar surface area (TPSA) is 3.24 Å². The minimum Gasteiger partial charge on any atom is -0.306 e. The van der Waals surface area contributed by atoms with Crippen LogP contribution in [0.2, 0.25) is 0 Å². The first-order chi connectivity index (χ1) is 4.86. The Hall–Kier alpha value is -0.0400. The molecule has 0 amide bonds. The van der Waals surface area contributed by atoms with Crippen LogP contribution in [0.15, 0.2) is 0 Å². The summed E-state index contributed by atoms with van der Waals surface area (Å²) in [7, 11) is 2.24. The average Bonchev–Trinajstić information content (AvgIpc) is 2.71. The zero-order valence-electron chi connectivity index (χ0n) is 6.84. The highest BCUT2D eigenvalue weighted by Gasteiger charge is 2.32. The molecule has 0 bridgehead atoms. The predicted molar refractivity (Wildman–Crippen MR) is 42.9 cm³/mol. The number of piperidine rings is 1. The number of rotatable bonds is 1. The molecule has 1 saturated carbocycles. The molecule has 1 aliphatic heterocycles. The van der Waals surface area contributed by atoms with Gasteiger partial charge < -0.3 is 4.90 Å². The van der Waals surface area contributed by atoms with Crippen LogP contribution in [0, 0.1) is 11.8 Å². The second-order valence-electron chi connectivity index (χ2n) is 3.98. The smallest absolute Gasteiger partial charge is 0.00190 e. The van der Waals surface area contributed by atoms with Crippen molar-refractivity contribution in [2.75, 3.05) is 20.1 Å². The molecular weight excluding hydrogens is 122 g/mol. The fourth-order valence-electron chi connectivity index (χ4n) is 2.07. The molecule has 0 unspecified atom stereocenters. The predicted octanol–water partition coefficient (Wildman–Crippen LogP) is 1.74. The van der Waals surface area contributed by atoms with Crippen molar-refractivity contribution in [1.29, 1.82) is 0 Å². The van der Waals surface area contributed by atoms with Gasteiger partial charge in [-0.15, -0.1) is 0 Å². The van der Waals surface area contributed by atoms with Crippen molar-refractivity contribution in [2.45, 2.75) is 25.7 Å². The standard InChI is InChI=1S/C9H17N/c1-10-6-4-9(5-7-10)8-2-3-8/h8-9H,2-7H2,1H3. The van der Waals surface area contributed by atoms with Gasteiger partial charge in [-0.3, -0.25) is 0 Å². The molecule has 0 radical (unpaired) electrons. The van der Waals surface area contributed by atoms with Crippen molar-refractivity contribution in [1.82, 2.24) is 4.90 Å². The minimum atomic E-state index is 1.11. The van der Waals surface area contributed by atoms with Crippen molar-refractivity contribution in [3.05, 3.63) is 0 Å². The third-order valence-corrected chi connectivity index (χ3v) is 3.05. The summed E-state index contributed by atoms with van der Waals surface area (Å²) < 4.78 is 0. The summed E-state index contributed by atoms with van der Waals surface area (Å²) in [5, 5.41) is 0. The Labute approximate surface area is 63.4 Å².